The average Bonchev–Trinajstić information content (AvgIpc) is 3.68. The number of H-pyrrole nitrogens is 1. The number of pyridine rings is 2. The van der Waals surface area contributed by atoms with E-state index in [0.717, 1.165) is 12.8 Å². The van der Waals surface area contributed by atoms with Gasteiger partial charge in [-0.2, -0.15) is 5.10 Å². The van der Waals surface area contributed by atoms with Crippen molar-refractivity contribution in [2.24, 2.45) is 0 Å². The molecule has 204 valence electrons. The van der Waals surface area contributed by atoms with E-state index < -0.39 is 5.82 Å². The van der Waals surface area contributed by atoms with E-state index in [1.54, 1.807) is 42.7 Å². The summed E-state index contributed by atoms with van der Waals surface area (Å²) in [6, 6.07) is 11.9. The van der Waals surface area contributed by atoms with E-state index in [-0.39, 0.29) is 23.7 Å². The Bertz CT molecular complexity index is 1520. The van der Waals surface area contributed by atoms with Crippen LogP contribution in [0.1, 0.15) is 35.7 Å². The standard InChI is InChI=1S/C29H29FN8O2/c1-18-17-40-12-11-37(18)27-14-22(23(15-31)28(35-27)34-26-8-10-33-36-26)19-4-7-25(24(30)13-19)38(21-5-6-21)29(39)20-3-2-9-32-16-20/h2-4,7-10,13-16,18,21,31H,5-6,11-12,17H2,1H3,(H2,33,34,35,36)/t18-/m1/s1. The van der Waals surface area contributed by atoms with Crippen LogP contribution < -0.4 is 15.1 Å². The zero-order chi connectivity index (χ0) is 27.6. The molecule has 1 aromatic carbocycles. The molecule has 40 heavy (non-hydrogen) atoms. The van der Waals surface area contributed by atoms with Gasteiger partial charge in [-0.1, -0.05) is 6.07 Å². The van der Waals surface area contributed by atoms with Gasteiger partial charge in [0, 0.05) is 42.8 Å². The smallest absolute Gasteiger partial charge is 0.260 e. The van der Waals surface area contributed by atoms with Crippen LogP contribution in [0, 0.1) is 11.2 Å². The number of hydrogen-bond acceptors (Lipinski definition) is 8. The number of nitrogens with zero attached hydrogens (tertiary/aromatic N) is 5. The number of ether oxygens (including phenoxy) is 1. The number of carbonyl (C=O) groups excluding carboxylic acids is 1. The highest BCUT2D eigenvalue weighted by Crippen LogP contribution is 2.38. The van der Waals surface area contributed by atoms with Crippen molar-refractivity contribution in [3.63, 3.8) is 0 Å². The van der Waals surface area contributed by atoms with Crippen molar-refractivity contribution in [3.8, 4) is 11.1 Å². The zero-order valence-electron chi connectivity index (χ0n) is 22.0. The number of morpholine rings is 1. The summed E-state index contributed by atoms with van der Waals surface area (Å²) in [5.41, 5.74) is 2.35. The van der Waals surface area contributed by atoms with Gasteiger partial charge in [0.25, 0.3) is 5.91 Å². The quantitative estimate of drug-likeness (QED) is 0.275. The molecule has 2 fully saturated rings. The van der Waals surface area contributed by atoms with E-state index in [2.05, 4.69) is 32.3 Å². The molecule has 1 amide bonds. The molecule has 1 saturated carbocycles. The summed E-state index contributed by atoms with van der Waals surface area (Å²) in [6.45, 7) is 3.86. The maximum absolute atomic E-state index is 15.9. The number of hydrogen-bond donors (Lipinski definition) is 3. The predicted octanol–water partition coefficient (Wildman–Crippen LogP) is 4.78. The number of aromatic nitrogens is 4. The lowest BCUT2D eigenvalue weighted by Gasteiger charge is -2.35. The maximum Gasteiger partial charge on any atom is 0.260 e. The molecule has 3 aromatic heterocycles. The van der Waals surface area contributed by atoms with Gasteiger partial charge in [-0.3, -0.25) is 14.9 Å². The summed E-state index contributed by atoms with van der Waals surface area (Å²) in [5, 5.41) is 18.3. The Labute approximate surface area is 230 Å². The highest BCUT2D eigenvalue weighted by Gasteiger charge is 2.36. The lowest BCUT2D eigenvalue weighted by atomic mass is 9.99. The topological polar surface area (TPSA) is 123 Å². The Morgan fingerprint density at radius 2 is 2.12 bits per heavy atom. The Kier molecular flexibility index (Phi) is 6.95. The van der Waals surface area contributed by atoms with Gasteiger partial charge >= 0.3 is 0 Å². The molecule has 0 unspecified atom stereocenters. The highest BCUT2D eigenvalue weighted by molar-refractivity contribution is 6.07. The summed E-state index contributed by atoms with van der Waals surface area (Å²) >= 11 is 0. The average molecular weight is 541 g/mol. The molecule has 1 saturated heterocycles. The van der Waals surface area contributed by atoms with Gasteiger partial charge in [0.05, 0.1) is 36.7 Å². The molecule has 10 nitrogen and oxygen atoms in total. The van der Waals surface area contributed by atoms with Gasteiger partial charge in [0.2, 0.25) is 0 Å². The minimum absolute atomic E-state index is 0.0502. The van der Waals surface area contributed by atoms with Crippen LogP contribution in [0.25, 0.3) is 11.1 Å². The van der Waals surface area contributed by atoms with Gasteiger partial charge in [0.1, 0.15) is 23.3 Å². The van der Waals surface area contributed by atoms with Crippen molar-refractivity contribution >= 4 is 35.3 Å². The second kappa shape index (κ2) is 10.9. The largest absolute Gasteiger partial charge is 0.377 e. The summed E-state index contributed by atoms with van der Waals surface area (Å²) < 4.78 is 21.5. The summed E-state index contributed by atoms with van der Waals surface area (Å²) in [4.78, 5) is 25.9. The van der Waals surface area contributed by atoms with E-state index in [1.807, 2.05) is 6.07 Å². The number of benzene rings is 1. The van der Waals surface area contributed by atoms with Crippen LogP contribution in [0.2, 0.25) is 0 Å². The first-order chi connectivity index (χ1) is 19.5. The summed E-state index contributed by atoms with van der Waals surface area (Å²) in [7, 11) is 0. The Morgan fingerprint density at radius 3 is 2.80 bits per heavy atom. The van der Waals surface area contributed by atoms with Crippen molar-refractivity contribution in [2.45, 2.75) is 31.8 Å². The second-order valence-electron chi connectivity index (χ2n) is 9.96. The first-order valence-corrected chi connectivity index (χ1v) is 13.2. The van der Waals surface area contributed by atoms with Gasteiger partial charge < -0.3 is 25.3 Å². The number of aromatic amines is 1. The number of anilines is 4. The molecule has 4 aromatic rings. The van der Waals surface area contributed by atoms with Gasteiger partial charge in [-0.25, -0.2) is 9.37 Å². The van der Waals surface area contributed by atoms with E-state index >= 15 is 4.39 Å². The molecule has 4 heterocycles. The minimum atomic E-state index is -0.515. The maximum atomic E-state index is 15.9. The Balaban J connectivity index is 1.42. The van der Waals surface area contributed by atoms with Crippen molar-refractivity contribution in [1.29, 1.82) is 5.41 Å². The molecule has 0 radical (unpaired) electrons. The Hall–Kier alpha value is -4.64. The molecule has 3 N–H and O–H groups in total. The third kappa shape index (κ3) is 5.03. The van der Waals surface area contributed by atoms with Crippen LogP contribution in [0.4, 0.5) is 27.5 Å². The first kappa shape index (κ1) is 25.6. The highest BCUT2D eigenvalue weighted by atomic mass is 19.1. The van der Waals surface area contributed by atoms with E-state index in [1.165, 1.54) is 23.4 Å². The molecule has 1 aliphatic heterocycles. The molecule has 0 spiro atoms. The lowest BCUT2D eigenvalue weighted by Crippen LogP contribution is -2.44. The summed E-state index contributed by atoms with van der Waals surface area (Å²) in [5.74, 6) is 0.958. The minimum Gasteiger partial charge on any atom is -0.377 e. The monoisotopic (exact) mass is 540 g/mol. The second-order valence-corrected chi connectivity index (χ2v) is 9.96. The van der Waals surface area contributed by atoms with Crippen LogP contribution in [-0.4, -0.2) is 64.1 Å². The van der Waals surface area contributed by atoms with E-state index in [0.29, 0.717) is 59.5 Å². The number of amides is 1. The van der Waals surface area contributed by atoms with Gasteiger partial charge in [-0.15, -0.1) is 0 Å². The SMILES string of the molecule is C[C@@H]1COCCN1c1cc(-c2ccc(N(C(=O)c3cccnc3)C3CC3)c(F)c2)c(C=N)c(Nc2ccn[nH]2)n1. The molecular weight excluding hydrogens is 511 g/mol. The third-order valence-electron chi connectivity index (χ3n) is 7.16. The predicted molar refractivity (Wildman–Crippen MR) is 151 cm³/mol. The van der Waals surface area contributed by atoms with Crippen molar-refractivity contribution in [1.82, 2.24) is 20.2 Å². The fourth-order valence-electron chi connectivity index (χ4n) is 4.99. The van der Waals surface area contributed by atoms with Gasteiger partial charge in [0.15, 0.2) is 0 Å². The van der Waals surface area contributed by atoms with Crippen LogP contribution in [-0.2, 0) is 4.74 Å². The zero-order valence-corrected chi connectivity index (χ0v) is 22.0. The van der Waals surface area contributed by atoms with Crippen molar-refractivity contribution in [3.05, 3.63) is 78.0 Å². The number of carbonyl (C=O) groups is 1. The summed E-state index contributed by atoms with van der Waals surface area (Å²) in [6.07, 6.45) is 7.57. The molecular formula is C29H29FN8O2. The van der Waals surface area contributed by atoms with E-state index in [4.69, 9.17) is 15.1 Å². The molecule has 1 atom stereocenters. The molecule has 1 aliphatic carbocycles. The van der Waals surface area contributed by atoms with Crippen LogP contribution in [0.15, 0.2) is 61.1 Å². The van der Waals surface area contributed by atoms with Crippen LogP contribution in [0.3, 0.4) is 0 Å². The van der Waals surface area contributed by atoms with Crippen LogP contribution in [0.5, 0.6) is 0 Å². The van der Waals surface area contributed by atoms with Crippen LogP contribution >= 0.6 is 0 Å². The fraction of sp³-hybridized carbons (Fsp3) is 0.276. The van der Waals surface area contributed by atoms with Crippen molar-refractivity contribution < 1.29 is 13.9 Å². The molecule has 11 heteroatoms. The third-order valence-corrected chi connectivity index (χ3v) is 7.16. The molecule has 6 rings (SSSR count). The number of rotatable bonds is 8. The number of halogens is 1. The lowest BCUT2D eigenvalue weighted by molar-refractivity contribution is 0.0983. The Morgan fingerprint density at radius 1 is 1.25 bits per heavy atom. The normalized spacial score (nSPS) is 16.9. The van der Waals surface area contributed by atoms with E-state index in [9.17, 15) is 4.79 Å². The van der Waals surface area contributed by atoms with Gasteiger partial charge in [-0.05, 0) is 61.2 Å². The molecule has 0 bridgehead atoms. The fourth-order valence-corrected chi connectivity index (χ4v) is 4.99. The van der Waals surface area contributed by atoms with Crippen molar-refractivity contribution in [2.75, 3.05) is 34.9 Å². The molecule has 2 aliphatic rings. The first-order valence-electron chi connectivity index (χ1n) is 13.2. The number of nitrogens with one attached hydrogen (secondary N) is 3.